The van der Waals surface area contributed by atoms with Crippen molar-refractivity contribution in [3.05, 3.63) is 58.2 Å². The lowest BCUT2D eigenvalue weighted by molar-refractivity contribution is -0.137. The molecule has 5 nitrogen and oxygen atoms in total. The lowest BCUT2D eigenvalue weighted by Gasteiger charge is -2.15. The highest BCUT2D eigenvalue weighted by molar-refractivity contribution is 7.10. The van der Waals surface area contributed by atoms with E-state index in [1.54, 1.807) is 18.3 Å². The smallest absolute Gasteiger partial charge is 0.305 e. The van der Waals surface area contributed by atoms with E-state index in [4.69, 9.17) is 5.11 Å². The summed E-state index contributed by atoms with van der Waals surface area (Å²) in [6, 6.07) is 7.39. The number of carboxylic acid groups (broad SMARTS) is 1. The maximum atomic E-state index is 13.2. The number of carbonyl (C=O) groups is 2. The average Bonchev–Trinajstić information content (AvgIpc) is 3.16. The van der Waals surface area contributed by atoms with Crippen LogP contribution in [0.5, 0.6) is 0 Å². The molecule has 0 aliphatic heterocycles. The zero-order valence-electron chi connectivity index (χ0n) is 12.6. The summed E-state index contributed by atoms with van der Waals surface area (Å²) >= 11 is 1.40. The van der Waals surface area contributed by atoms with Gasteiger partial charge in [0.25, 0.3) is 0 Å². The molecule has 1 amide bonds. The lowest BCUT2D eigenvalue weighted by Crippen LogP contribution is -2.30. The van der Waals surface area contributed by atoms with Gasteiger partial charge in [-0.05, 0) is 35.2 Å². The molecule has 3 N–H and O–H groups in total. The normalized spacial score (nSPS) is 12.2. The summed E-state index contributed by atoms with van der Waals surface area (Å²) in [6.07, 6.45) is 1.58. The SMILES string of the molecule is O=C(O)C[C@@H](NC(=O)Cc1c[nH]c2cc(F)ccc12)c1cccs1. The number of aliphatic carboxylic acids is 1. The van der Waals surface area contributed by atoms with Gasteiger partial charge in [0.05, 0.1) is 18.9 Å². The van der Waals surface area contributed by atoms with Crippen molar-refractivity contribution in [2.75, 3.05) is 0 Å². The average molecular weight is 346 g/mol. The predicted octanol–water partition coefficient (Wildman–Crippen LogP) is 3.24. The van der Waals surface area contributed by atoms with Gasteiger partial charge in [-0.25, -0.2) is 4.39 Å². The van der Waals surface area contributed by atoms with E-state index in [9.17, 15) is 14.0 Å². The summed E-state index contributed by atoms with van der Waals surface area (Å²) in [5.41, 5.74) is 1.36. The summed E-state index contributed by atoms with van der Waals surface area (Å²) in [7, 11) is 0. The first-order valence-corrected chi connectivity index (χ1v) is 8.21. The second-order valence-corrected chi connectivity index (χ2v) is 6.39. The Balaban J connectivity index is 1.74. The van der Waals surface area contributed by atoms with Gasteiger partial charge in [0.2, 0.25) is 5.91 Å². The van der Waals surface area contributed by atoms with Gasteiger partial charge in [0.15, 0.2) is 0 Å². The van der Waals surface area contributed by atoms with Crippen LogP contribution in [0.3, 0.4) is 0 Å². The highest BCUT2D eigenvalue weighted by Gasteiger charge is 2.19. The molecular weight excluding hydrogens is 331 g/mol. The van der Waals surface area contributed by atoms with Crippen LogP contribution in [0.1, 0.15) is 22.9 Å². The summed E-state index contributed by atoms with van der Waals surface area (Å²) in [5, 5.41) is 14.4. The Labute approximate surface area is 141 Å². The number of aromatic amines is 1. The van der Waals surface area contributed by atoms with Gasteiger partial charge in [-0.3, -0.25) is 9.59 Å². The van der Waals surface area contributed by atoms with Gasteiger partial charge in [-0.2, -0.15) is 0 Å². The number of amides is 1. The first-order chi connectivity index (χ1) is 11.5. The van der Waals surface area contributed by atoms with Crippen LogP contribution in [0, 0.1) is 5.82 Å². The Bertz CT molecular complexity index is 873. The highest BCUT2D eigenvalue weighted by atomic mass is 32.1. The maximum Gasteiger partial charge on any atom is 0.305 e. The fourth-order valence-corrected chi connectivity index (χ4v) is 3.39. The van der Waals surface area contributed by atoms with Crippen LogP contribution >= 0.6 is 11.3 Å². The summed E-state index contributed by atoms with van der Waals surface area (Å²) in [5.74, 6) is -1.60. The molecule has 0 saturated carbocycles. The number of thiophene rings is 1. The molecule has 0 fully saturated rings. The Kier molecular flexibility index (Phi) is 4.61. The van der Waals surface area contributed by atoms with Gasteiger partial charge >= 0.3 is 5.97 Å². The number of carbonyl (C=O) groups excluding carboxylic acids is 1. The molecule has 0 aliphatic carbocycles. The lowest BCUT2D eigenvalue weighted by atomic mass is 10.1. The number of hydrogen-bond donors (Lipinski definition) is 3. The molecular formula is C17H15FN2O3S. The van der Waals surface area contributed by atoms with Crippen LogP contribution in [-0.4, -0.2) is 22.0 Å². The Hall–Kier alpha value is -2.67. The van der Waals surface area contributed by atoms with Crippen LogP contribution in [0.2, 0.25) is 0 Å². The van der Waals surface area contributed by atoms with E-state index in [1.807, 2.05) is 11.4 Å². The molecule has 1 atom stereocenters. The molecule has 0 radical (unpaired) electrons. The second-order valence-electron chi connectivity index (χ2n) is 5.41. The number of halogens is 1. The Morgan fingerprint density at radius 2 is 2.17 bits per heavy atom. The van der Waals surface area contributed by atoms with Crippen molar-refractivity contribution in [2.45, 2.75) is 18.9 Å². The number of aromatic nitrogens is 1. The maximum absolute atomic E-state index is 13.2. The number of carboxylic acids is 1. The van der Waals surface area contributed by atoms with E-state index >= 15 is 0 Å². The monoisotopic (exact) mass is 346 g/mol. The van der Waals surface area contributed by atoms with Crippen LogP contribution in [0.4, 0.5) is 4.39 Å². The number of nitrogens with one attached hydrogen (secondary N) is 2. The first kappa shape index (κ1) is 16.2. The standard InChI is InChI=1S/C17H15FN2O3S/c18-11-3-4-12-10(9-19-13(12)7-11)6-16(21)20-14(8-17(22)23)15-2-1-5-24-15/h1-5,7,9,14,19H,6,8H2,(H,20,21)(H,22,23)/t14-/m1/s1. The molecule has 3 rings (SSSR count). The zero-order chi connectivity index (χ0) is 17.1. The van der Waals surface area contributed by atoms with E-state index in [0.717, 1.165) is 15.8 Å². The van der Waals surface area contributed by atoms with Crippen molar-refractivity contribution in [1.82, 2.24) is 10.3 Å². The molecule has 0 spiro atoms. The molecule has 24 heavy (non-hydrogen) atoms. The molecule has 0 saturated heterocycles. The highest BCUT2D eigenvalue weighted by Crippen LogP contribution is 2.23. The minimum Gasteiger partial charge on any atom is -0.481 e. The fraction of sp³-hybridized carbons (Fsp3) is 0.176. The molecule has 3 aromatic rings. The van der Waals surface area contributed by atoms with Gasteiger partial charge in [-0.15, -0.1) is 11.3 Å². The van der Waals surface area contributed by atoms with Gasteiger partial charge < -0.3 is 15.4 Å². The fourth-order valence-electron chi connectivity index (χ4n) is 2.61. The quantitative estimate of drug-likeness (QED) is 0.641. The van der Waals surface area contributed by atoms with Crippen molar-refractivity contribution in [2.24, 2.45) is 0 Å². The molecule has 0 bridgehead atoms. The van der Waals surface area contributed by atoms with E-state index in [-0.39, 0.29) is 24.6 Å². The van der Waals surface area contributed by atoms with Gasteiger partial charge in [0, 0.05) is 22.0 Å². The third-order valence-electron chi connectivity index (χ3n) is 3.68. The predicted molar refractivity (Wildman–Crippen MR) is 89.4 cm³/mol. The Morgan fingerprint density at radius 3 is 2.88 bits per heavy atom. The molecule has 2 heterocycles. The van der Waals surface area contributed by atoms with Gasteiger partial charge in [0.1, 0.15) is 5.82 Å². The molecule has 0 aliphatic rings. The van der Waals surface area contributed by atoms with Gasteiger partial charge in [-0.1, -0.05) is 6.07 Å². The van der Waals surface area contributed by atoms with Crippen LogP contribution in [-0.2, 0) is 16.0 Å². The van der Waals surface area contributed by atoms with E-state index < -0.39 is 12.0 Å². The number of benzene rings is 1. The van der Waals surface area contributed by atoms with Crippen molar-refractivity contribution in [3.8, 4) is 0 Å². The third kappa shape index (κ3) is 3.62. The first-order valence-electron chi connectivity index (χ1n) is 7.33. The Morgan fingerprint density at radius 1 is 1.33 bits per heavy atom. The topological polar surface area (TPSA) is 82.2 Å². The third-order valence-corrected chi connectivity index (χ3v) is 4.67. The molecule has 124 valence electrons. The van der Waals surface area contributed by atoms with E-state index in [1.165, 1.54) is 23.5 Å². The molecule has 1 aromatic carbocycles. The molecule has 7 heteroatoms. The summed E-state index contributed by atoms with van der Waals surface area (Å²) < 4.78 is 13.2. The number of rotatable bonds is 6. The largest absolute Gasteiger partial charge is 0.481 e. The number of fused-ring (bicyclic) bond motifs is 1. The van der Waals surface area contributed by atoms with Crippen molar-refractivity contribution < 1.29 is 19.1 Å². The van der Waals surface area contributed by atoms with Crippen LogP contribution < -0.4 is 5.32 Å². The van der Waals surface area contributed by atoms with Crippen LogP contribution in [0.25, 0.3) is 10.9 Å². The summed E-state index contributed by atoms with van der Waals surface area (Å²) in [6.45, 7) is 0. The minimum atomic E-state index is -0.976. The van der Waals surface area contributed by atoms with Crippen molar-refractivity contribution in [3.63, 3.8) is 0 Å². The molecule has 2 aromatic heterocycles. The van der Waals surface area contributed by atoms with E-state index in [0.29, 0.717) is 5.52 Å². The van der Waals surface area contributed by atoms with Crippen molar-refractivity contribution in [1.29, 1.82) is 0 Å². The minimum absolute atomic E-state index is 0.0904. The van der Waals surface area contributed by atoms with Crippen LogP contribution in [0.15, 0.2) is 41.9 Å². The number of hydrogen-bond acceptors (Lipinski definition) is 3. The zero-order valence-corrected chi connectivity index (χ0v) is 13.4. The number of H-pyrrole nitrogens is 1. The summed E-state index contributed by atoms with van der Waals surface area (Å²) in [4.78, 5) is 27.1. The van der Waals surface area contributed by atoms with E-state index in [2.05, 4.69) is 10.3 Å². The molecule has 0 unspecified atom stereocenters. The van der Waals surface area contributed by atoms with Crippen molar-refractivity contribution >= 4 is 34.1 Å². The second kappa shape index (κ2) is 6.84.